The Bertz CT molecular complexity index is 1530. The van der Waals surface area contributed by atoms with Gasteiger partial charge in [-0.1, -0.05) is 54.1 Å². The van der Waals surface area contributed by atoms with Crippen LogP contribution in [0.4, 0.5) is 19.4 Å². The van der Waals surface area contributed by atoms with Gasteiger partial charge in [-0.2, -0.15) is 5.10 Å². The van der Waals surface area contributed by atoms with Gasteiger partial charge in [-0.05, 0) is 55.2 Å². The van der Waals surface area contributed by atoms with Crippen LogP contribution in [-0.4, -0.2) is 26.9 Å². The monoisotopic (exact) mass is 537 g/mol. The zero-order chi connectivity index (χ0) is 27.0. The fourth-order valence-electron chi connectivity index (χ4n) is 4.39. The number of aromatic nitrogens is 2. The Balaban J connectivity index is 1.33. The molecule has 5 rings (SSSR count). The third-order valence-electron chi connectivity index (χ3n) is 6.66. The Morgan fingerprint density at radius 3 is 2.37 bits per heavy atom. The maximum absolute atomic E-state index is 14.8. The molecule has 1 aromatic heterocycles. The Labute approximate surface area is 221 Å². The van der Waals surface area contributed by atoms with Gasteiger partial charge in [-0.25, -0.2) is 18.3 Å². The molecule has 0 aliphatic heterocycles. The molecule has 1 atom stereocenters. The fraction of sp³-hybridized carbons (Fsp3) is 0.179. The van der Waals surface area contributed by atoms with Crippen LogP contribution in [0.3, 0.4) is 0 Å². The minimum absolute atomic E-state index is 0.184. The molecule has 0 bridgehead atoms. The number of carboxylic acid groups (broad SMARTS) is 1. The quantitative estimate of drug-likeness (QED) is 0.267. The third kappa shape index (κ3) is 4.72. The highest BCUT2D eigenvalue weighted by Gasteiger charge is 2.53. The summed E-state index contributed by atoms with van der Waals surface area (Å²) in [6, 6.07) is 18.1. The van der Waals surface area contributed by atoms with E-state index in [0.717, 1.165) is 6.20 Å². The van der Waals surface area contributed by atoms with Gasteiger partial charge in [0, 0.05) is 16.1 Å². The summed E-state index contributed by atoms with van der Waals surface area (Å²) in [6.07, 6.45) is 0.220. The highest BCUT2D eigenvalue weighted by atomic mass is 35.5. The Morgan fingerprint density at radius 2 is 1.74 bits per heavy atom. The number of carboxylic acids is 1. The van der Waals surface area contributed by atoms with Gasteiger partial charge in [0.15, 0.2) is 11.6 Å². The molecule has 1 unspecified atom stereocenters. The van der Waals surface area contributed by atoms with E-state index in [0.29, 0.717) is 40.2 Å². The molecule has 1 aliphatic rings. The van der Waals surface area contributed by atoms with Crippen molar-refractivity contribution in [3.05, 3.63) is 101 Å². The van der Waals surface area contributed by atoms with Crippen molar-refractivity contribution in [2.45, 2.75) is 31.3 Å². The van der Waals surface area contributed by atoms with Gasteiger partial charge in [-0.15, -0.1) is 0 Å². The zero-order valence-corrected chi connectivity index (χ0v) is 20.9. The minimum atomic E-state index is -1.13. The van der Waals surface area contributed by atoms with Crippen molar-refractivity contribution in [2.24, 2.45) is 0 Å². The van der Waals surface area contributed by atoms with Crippen LogP contribution in [-0.2, 0) is 14.9 Å². The average molecular weight is 538 g/mol. The van der Waals surface area contributed by atoms with Crippen molar-refractivity contribution in [2.75, 3.05) is 5.32 Å². The summed E-state index contributed by atoms with van der Waals surface area (Å²) in [5.41, 5.74) is 1.31. The molecule has 0 radical (unpaired) electrons. The second-order valence-electron chi connectivity index (χ2n) is 9.08. The maximum atomic E-state index is 14.8. The summed E-state index contributed by atoms with van der Waals surface area (Å²) in [7, 11) is 0. The molecule has 38 heavy (non-hydrogen) atoms. The van der Waals surface area contributed by atoms with E-state index in [2.05, 4.69) is 10.4 Å². The first-order valence-corrected chi connectivity index (χ1v) is 12.2. The molecule has 10 heteroatoms. The fourth-order valence-corrected chi connectivity index (χ4v) is 4.68. The van der Waals surface area contributed by atoms with E-state index < -0.39 is 35.2 Å². The molecular weight excluding hydrogens is 516 g/mol. The van der Waals surface area contributed by atoms with Gasteiger partial charge in [0.1, 0.15) is 11.9 Å². The van der Waals surface area contributed by atoms with E-state index in [1.165, 1.54) is 16.8 Å². The van der Waals surface area contributed by atoms with Crippen LogP contribution in [0, 0.1) is 11.6 Å². The molecule has 1 fully saturated rings. The molecular formula is C28H22ClF2N3O4. The Hall–Kier alpha value is -4.24. The summed E-state index contributed by atoms with van der Waals surface area (Å²) in [6.45, 7) is 1.65. The number of rotatable bonds is 7. The number of hydrogen-bond acceptors (Lipinski definition) is 4. The number of nitrogens with zero attached hydrogens (tertiary/aromatic N) is 2. The maximum Gasteiger partial charge on any atom is 0.413 e. The van der Waals surface area contributed by atoms with Crippen LogP contribution in [0.2, 0.25) is 5.02 Å². The SMILES string of the molecule is CC(OC(=O)Nc1c(F)cnn1-c1ccc(-c2ccc(C3(C(=O)O)CC3)c(F)c2)cc1)c1ccccc1Cl. The van der Waals surface area contributed by atoms with Crippen LogP contribution in [0.15, 0.2) is 72.9 Å². The van der Waals surface area contributed by atoms with E-state index in [9.17, 15) is 23.5 Å². The first kappa shape index (κ1) is 25.4. The van der Waals surface area contributed by atoms with Crippen LogP contribution in [0.5, 0.6) is 0 Å². The van der Waals surface area contributed by atoms with E-state index in [1.807, 2.05) is 0 Å². The van der Waals surface area contributed by atoms with Crippen molar-refractivity contribution >= 4 is 29.5 Å². The average Bonchev–Trinajstić information content (AvgIpc) is 3.63. The third-order valence-corrected chi connectivity index (χ3v) is 7.01. The molecule has 0 spiro atoms. The van der Waals surface area contributed by atoms with Crippen molar-refractivity contribution in [1.29, 1.82) is 0 Å². The minimum Gasteiger partial charge on any atom is -0.481 e. The second kappa shape index (κ2) is 9.90. The molecule has 1 amide bonds. The number of aliphatic carboxylic acids is 1. The van der Waals surface area contributed by atoms with Crippen LogP contribution in [0.1, 0.15) is 37.0 Å². The van der Waals surface area contributed by atoms with Crippen molar-refractivity contribution in [1.82, 2.24) is 9.78 Å². The van der Waals surface area contributed by atoms with Gasteiger partial charge in [0.25, 0.3) is 0 Å². The van der Waals surface area contributed by atoms with Crippen molar-refractivity contribution in [3.63, 3.8) is 0 Å². The molecule has 4 aromatic rings. The van der Waals surface area contributed by atoms with E-state index in [-0.39, 0.29) is 11.4 Å². The van der Waals surface area contributed by atoms with Crippen LogP contribution < -0.4 is 5.32 Å². The molecule has 1 aliphatic carbocycles. The highest BCUT2D eigenvalue weighted by molar-refractivity contribution is 6.31. The number of carbonyl (C=O) groups is 2. The van der Waals surface area contributed by atoms with E-state index in [1.54, 1.807) is 61.5 Å². The smallest absolute Gasteiger partial charge is 0.413 e. The first-order valence-electron chi connectivity index (χ1n) is 11.8. The number of halogens is 3. The number of nitrogens with one attached hydrogen (secondary N) is 1. The lowest BCUT2D eigenvalue weighted by Gasteiger charge is -2.16. The summed E-state index contributed by atoms with van der Waals surface area (Å²) >= 11 is 6.15. The number of ether oxygens (including phenoxy) is 1. The van der Waals surface area contributed by atoms with Gasteiger partial charge in [0.05, 0.1) is 17.3 Å². The first-order chi connectivity index (χ1) is 18.2. The molecule has 0 saturated heterocycles. The van der Waals surface area contributed by atoms with Crippen molar-refractivity contribution < 1.29 is 28.2 Å². The standard InChI is InChI=1S/C28H22ClF2N3O4/c1-16(20-4-2-3-5-22(20)29)38-27(37)33-25-24(31)15-32-34(25)19-9-6-17(7-10-19)18-8-11-21(23(30)14-18)28(12-13-28)26(35)36/h2-11,14-16H,12-13H2,1H3,(H,33,37)(H,35,36). The highest BCUT2D eigenvalue weighted by Crippen LogP contribution is 2.49. The molecule has 2 N–H and O–H groups in total. The normalized spacial score (nSPS) is 14.5. The lowest BCUT2D eigenvalue weighted by molar-refractivity contribution is -0.140. The van der Waals surface area contributed by atoms with E-state index in [4.69, 9.17) is 16.3 Å². The number of hydrogen-bond donors (Lipinski definition) is 2. The van der Waals surface area contributed by atoms with Gasteiger partial charge >= 0.3 is 12.1 Å². The number of benzene rings is 3. The van der Waals surface area contributed by atoms with Crippen molar-refractivity contribution in [3.8, 4) is 16.8 Å². The van der Waals surface area contributed by atoms with Crippen LogP contribution >= 0.6 is 11.6 Å². The zero-order valence-electron chi connectivity index (χ0n) is 20.1. The molecule has 3 aromatic carbocycles. The molecule has 1 saturated carbocycles. The largest absolute Gasteiger partial charge is 0.481 e. The Morgan fingerprint density at radius 1 is 1.05 bits per heavy atom. The topological polar surface area (TPSA) is 93.5 Å². The van der Waals surface area contributed by atoms with Gasteiger partial charge in [0.2, 0.25) is 0 Å². The van der Waals surface area contributed by atoms with Gasteiger partial charge in [-0.3, -0.25) is 10.1 Å². The lowest BCUT2D eigenvalue weighted by atomic mass is 9.93. The summed E-state index contributed by atoms with van der Waals surface area (Å²) < 4.78 is 35.9. The van der Waals surface area contributed by atoms with E-state index >= 15 is 0 Å². The summed E-state index contributed by atoms with van der Waals surface area (Å²) in [5.74, 6) is -2.57. The number of carbonyl (C=O) groups excluding carboxylic acids is 1. The summed E-state index contributed by atoms with van der Waals surface area (Å²) in [4.78, 5) is 24.0. The molecule has 194 valence electrons. The number of anilines is 1. The molecule has 1 heterocycles. The number of amides is 1. The lowest BCUT2D eigenvalue weighted by Crippen LogP contribution is -2.20. The predicted octanol–water partition coefficient (Wildman–Crippen LogP) is 6.90. The predicted molar refractivity (Wildman–Crippen MR) is 137 cm³/mol. The van der Waals surface area contributed by atoms with Gasteiger partial charge < -0.3 is 9.84 Å². The Kier molecular flexibility index (Phi) is 6.62. The second-order valence-corrected chi connectivity index (χ2v) is 9.48. The molecule has 7 nitrogen and oxygen atoms in total. The van der Waals surface area contributed by atoms with Crippen LogP contribution in [0.25, 0.3) is 16.8 Å². The summed E-state index contributed by atoms with van der Waals surface area (Å²) in [5, 5.41) is 16.3.